The fourth-order valence-electron chi connectivity index (χ4n) is 2.92. The average molecular weight is 351 g/mol. The molecule has 1 aromatic heterocycles. The number of hydrogen-bond acceptors (Lipinski definition) is 5. The highest BCUT2D eigenvalue weighted by Gasteiger charge is 2.27. The summed E-state index contributed by atoms with van der Waals surface area (Å²) in [5, 5.41) is 8.93. The summed E-state index contributed by atoms with van der Waals surface area (Å²) in [4.78, 5) is 18.4. The quantitative estimate of drug-likeness (QED) is 0.799. The van der Waals surface area contributed by atoms with E-state index in [-0.39, 0.29) is 12.0 Å². The number of benzene rings is 1. The molecular formula is C20H21N3O3. The maximum Gasteiger partial charge on any atom is 0.227 e. The van der Waals surface area contributed by atoms with Gasteiger partial charge in [-0.15, -0.1) is 0 Å². The second-order valence-electron chi connectivity index (χ2n) is 6.12. The number of carbonyl (C=O) groups is 1. The molecule has 0 aliphatic carbocycles. The van der Waals surface area contributed by atoms with E-state index in [2.05, 4.69) is 11.1 Å². The molecule has 1 fully saturated rings. The van der Waals surface area contributed by atoms with Crippen molar-refractivity contribution in [3.05, 3.63) is 53.7 Å². The van der Waals surface area contributed by atoms with Gasteiger partial charge in [0.1, 0.15) is 11.9 Å². The molecule has 0 bridgehead atoms. The Morgan fingerprint density at radius 2 is 2.15 bits per heavy atom. The topological polar surface area (TPSA) is 75.4 Å². The lowest BCUT2D eigenvalue weighted by Gasteiger charge is -2.17. The molecule has 0 radical (unpaired) electrons. The predicted octanol–water partition coefficient (Wildman–Crippen LogP) is 2.57. The van der Waals surface area contributed by atoms with E-state index in [1.54, 1.807) is 18.3 Å². The molecule has 2 aromatic rings. The second-order valence-corrected chi connectivity index (χ2v) is 6.12. The van der Waals surface area contributed by atoms with E-state index in [0.717, 1.165) is 17.7 Å². The van der Waals surface area contributed by atoms with Gasteiger partial charge in [0.25, 0.3) is 0 Å². The Hall–Kier alpha value is -3.07. The lowest BCUT2D eigenvalue weighted by Crippen LogP contribution is -2.32. The fourth-order valence-corrected chi connectivity index (χ4v) is 2.92. The first-order valence-electron chi connectivity index (χ1n) is 8.70. The smallest absolute Gasteiger partial charge is 0.227 e. The Kier molecular flexibility index (Phi) is 5.69. The molecule has 134 valence electrons. The van der Waals surface area contributed by atoms with Crippen molar-refractivity contribution in [3.63, 3.8) is 0 Å². The minimum atomic E-state index is -0.0966. The van der Waals surface area contributed by atoms with Crippen LogP contribution in [0.3, 0.4) is 0 Å². The monoisotopic (exact) mass is 351 g/mol. The molecule has 6 nitrogen and oxygen atoms in total. The summed E-state index contributed by atoms with van der Waals surface area (Å²) in [7, 11) is 0. The Bertz CT molecular complexity index is 799. The maximum atomic E-state index is 12.5. The molecule has 1 saturated heterocycles. The summed E-state index contributed by atoms with van der Waals surface area (Å²) in [5.41, 5.74) is 1.47. The minimum absolute atomic E-state index is 0.0824. The highest BCUT2D eigenvalue weighted by atomic mass is 16.5. The normalized spacial score (nSPS) is 16.2. The second kappa shape index (κ2) is 8.34. The van der Waals surface area contributed by atoms with Crippen molar-refractivity contribution in [2.45, 2.75) is 25.9 Å². The van der Waals surface area contributed by atoms with Crippen LogP contribution in [0.1, 0.15) is 24.5 Å². The van der Waals surface area contributed by atoms with Gasteiger partial charge in [0, 0.05) is 25.2 Å². The standard InChI is InChI=1S/C20H21N3O3/c1-2-25-17-5-3-15(4-6-17)12-20(24)23-10-8-18(14-23)26-19-11-16(13-21)7-9-22-19/h3-7,9,11,18H,2,8,10,12,14H2,1H3. The van der Waals surface area contributed by atoms with E-state index < -0.39 is 0 Å². The number of aromatic nitrogens is 1. The van der Waals surface area contributed by atoms with Crippen molar-refractivity contribution in [1.82, 2.24) is 9.88 Å². The van der Waals surface area contributed by atoms with Gasteiger partial charge in [-0.2, -0.15) is 5.26 Å². The van der Waals surface area contributed by atoms with Crippen molar-refractivity contribution in [2.75, 3.05) is 19.7 Å². The van der Waals surface area contributed by atoms with E-state index >= 15 is 0 Å². The van der Waals surface area contributed by atoms with Crippen LogP contribution in [-0.4, -0.2) is 41.6 Å². The number of pyridine rings is 1. The molecule has 0 spiro atoms. The van der Waals surface area contributed by atoms with Crippen molar-refractivity contribution in [2.24, 2.45) is 0 Å². The molecule has 26 heavy (non-hydrogen) atoms. The van der Waals surface area contributed by atoms with Gasteiger partial charge in [-0.05, 0) is 30.7 Å². The van der Waals surface area contributed by atoms with Crippen LogP contribution >= 0.6 is 0 Å². The maximum absolute atomic E-state index is 12.5. The first kappa shape index (κ1) is 17.7. The van der Waals surface area contributed by atoms with Gasteiger partial charge in [-0.3, -0.25) is 4.79 Å². The number of nitriles is 1. The van der Waals surface area contributed by atoms with Crippen LogP contribution in [0.15, 0.2) is 42.6 Å². The summed E-state index contributed by atoms with van der Waals surface area (Å²) in [6.45, 7) is 3.77. The van der Waals surface area contributed by atoms with E-state index in [0.29, 0.717) is 37.6 Å². The Balaban J connectivity index is 1.52. The number of hydrogen-bond donors (Lipinski definition) is 0. The van der Waals surface area contributed by atoms with E-state index in [1.807, 2.05) is 36.1 Å². The number of likely N-dealkylation sites (tertiary alicyclic amines) is 1. The zero-order valence-corrected chi connectivity index (χ0v) is 14.7. The summed E-state index contributed by atoms with van der Waals surface area (Å²) in [5.74, 6) is 1.32. The van der Waals surface area contributed by atoms with Gasteiger partial charge < -0.3 is 14.4 Å². The van der Waals surface area contributed by atoms with Gasteiger partial charge >= 0.3 is 0 Å². The first-order chi connectivity index (χ1) is 12.7. The Labute approximate surface area is 153 Å². The summed E-state index contributed by atoms with van der Waals surface area (Å²) in [6, 6.07) is 12.9. The third kappa shape index (κ3) is 4.51. The minimum Gasteiger partial charge on any atom is -0.494 e. The van der Waals surface area contributed by atoms with E-state index in [9.17, 15) is 4.79 Å². The lowest BCUT2D eigenvalue weighted by atomic mass is 10.1. The van der Waals surface area contributed by atoms with Gasteiger partial charge in [-0.25, -0.2) is 4.98 Å². The fraction of sp³-hybridized carbons (Fsp3) is 0.350. The number of ether oxygens (including phenoxy) is 2. The first-order valence-corrected chi connectivity index (χ1v) is 8.70. The van der Waals surface area contributed by atoms with Crippen LogP contribution in [0.25, 0.3) is 0 Å². The van der Waals surface area contributed by atoms with Crippen LogP contribution in [-0.2, 0) is 11.2 Å². The molecule has 1 aliphatic rings. The van der Waals surface area contributed by atoms with E-state index in [1.165, 1.54) is 0 Å². The van der Waals surface area contributed by atoms with E-state index in [4.69, 9.17) is 14.7 Å². The average Bonchev–Trinajstić information content (AvgIpc) is 3.12. The molecule has 1 unspecified atom stereocenters. The third-order valence-corrected chi connectivity index (χ3v) is 4.24. The lowest BCUT2D eigenvalue weighted by molar-refractivity contribution is -0.129. The van der Waals surface area contributed by atoms with Crippen molar-refractivity contribution in [1.29, 1.82) is 5.26 Å². The molecule has 3 rings (SSSR count). The highest BCUT2D eigenvalue weighted by molar-refractivity contribution is 5.79. The predicted molar refractivity (Wildman–Crippen MR) is 95.9 cm³/mol. The highest BCUT2D eigenvalue weighted by Crippen LogP contribution is 2.19. The van der Waals surface area contributed by atoms with Crippen LogP contribution in [0, 0.1) is 11.3 Å². The summed E-state index contributed by atoms with van der Waals surface area (Å²) >= 11 is 0. The molecule has 1 aliphatic heterocycles. The molecular weight excluding hydrogens is 330 g/mol. The van der Waals surface area contributed by atoms with Crippen LogP contribution in [0.2, 0.25) is 0 Å². The van der Waals surface area contributed by atoms with Gasteiger partial charge in [0.05, 0.1) is 31.2 Å². The molecule has 1 aromatic carbocycles. The number of carbonyl (C=O) groups excluding carboxylic acids is 1. The molecule has 1 atom stereocenters. The van der Waals surface area contributed by atoms with Gasteiger partial charge in [-0.1, -0.05) is 12.1 Å². The molecule has 2 heterocycles. The van der Waals surface area contributed by atoms with Crippen LogP contribution in [0.4, 0.5) is 0 Å². The Morgan fingerprint density at radius 3 is 2.88 bits per heavy atom. The van der Waals surface area contributed by atoms with Crippen LogP contribution < -0.4 is 9.47 Å². The van der Waals surface area contributed by atoms with Crippen molar-refractivity contribution < 1.29 is 14.3 Å². The van der Waals surface area contributed by atoms with Crippen molar-refractivity contribution in [3.8, 4) is 17.7 Å². The molecule has 1 amide bonds. The van der Waals surface area contributed by atoms with Crippen molar-refractivity contribution >= 4 is 5.91 Å². The number of rotatable bonds is 6. The molecule has 0 N–H and O–H groups in total. The largest absolute Gasteiger partial charge is 0.494 e. The summed E-state index contributed by atoms with van der Waals surface area (Å²) < 4.78 is 11.2. The van der Waals surface area contributed by atoms with Gasteiger partial charge in [0.15, 0.2) is 0 Å². The number of nitrogens with zero attached hydrogens (tertiary/aromatic N) is 3. The van der Waals surface area contributed by atoms with Gasteiger partial charge in [0.2, 0.25) is 11.8 Å². The Morgan fingerprint density at radius 1 is 1.35 bits per heavy atom. The zero-order chi connectivity index (χ0) is 18.4. The SMILES string of the molecule is CCOc1ccc(CC(=O)N2CCC(Oc3cc(C#N)ccn3)C2)cc1. The third-order valence-electron chi connectivity index (χ3n) is 4.24. The zero-order valence-electron chi connectivity index (χ0n) is 14.7. The molecule has 0 saturated carbocycles. The van der Waals surface area contributed by atoms with Crippen LogP contribution in [0.5, 0.6) is 11.6 Å². The molecule has 6 heteroatoms. The summed E-state index contributed by atoms with van der Waals surface area (Å²) in [6.07, 6.45) is 2.58. The number of amides is 1.